The van der Waals surface area contributed by atoms with Gasteiger partial charge in [-0.25, -0.2) is 0 Å². The maximum absolute atomic E-state index is 5.07. The van der Waals surface area contributed by atoms with Gasteiger partial charge in [0.2, 0.25) is 0 Å². The van der Waals surface area contributed by atoms with Crippen LogP contribution in [0.1, 0.15) is 0 Å². The fourth-order valence-electron chi connectivity index (χ4n) is 7.94. The highest BCUT2D eigenvalue weighted by atomic mass is 14.7. The molecule has 0 fully saturated rings. The molecule has 10 aromatic rings. The quantitative estimate of drug-likeness (QED) is 0.144. The van der Waals surface area contributed by atoms with Gasteiger partial charge in [0, 0.05) is 22.4 Å². The molecule has 0 aliphatic heterocycles. The summed E-state index contributed by atoms with van der Waals surface area (Å²) in [6.07, 6.45) is 2.11. The number of rotatable bonds is 3. The third kappa shape index (κ3) is 4.01. The predicted octanol–water partition coefficient (Wildman–Crippen LogP) is 13.0. The number of fused-ring (bicyclic) bond motifs is 7. The van der Waals surface area contributed by atoms with Crippen molar-refractivity contribution in [3.8, 4) is 33.4 Å². The summed E-state index contributed by atoms with van der Waals surface area (Å²) in [4.78, 5) is 5.07. The smallest absolute Gasteiger partial charge is 0.0708 e. The van der Waals surface area contributed by atoms with Gasteiger partial charge in [0.05, 0.1) is 5.52 Å². The SMILES string of the molecule is c1ccc2cc(-c3ccc(-c4c5ccccc5c(-c5cccc6ccccc56)c5c4cnc4ccccc45)c4ccccc34)ccc2c1. The van der Waals surface area contributed by atoms with Crippen molar-refractivity contribution < 1.29 is 0 Å². The molecule has 0 radical (unpaired) electrons. The lowest BCUT2D eigenvalue weighted by Gasteiger charge is -2.21. The summed E-state index contributed by atoms with van der Waals surface area (Å²) in [5, 5.41) is 13.5. The van der Waals surface area contributed by atoms with Gasteiger partial charge in [0.1, 0.15) is 0 Å². The van der Waals surface area contributed by atoms with Crippen LogP contribution in [-0.4, -0.2) is 4.98 Å². The Bertz CT molecular complexity index is 2890. The van der Waals surface area contributed by atoms with E-state index >= 15 is 0 Å². The molecule has 1 heteroatoms. The van der Waals surface area contributed by atoms with Crippen LogP contribution in [0.5, 0.6) is 0 Å². The summed E-state index contributed by atoms with van der Waals surface area (Å²) in [5.41, 5.74) is 8.42. The monoisotopic (exact) mass is 607 g/mol. The molecule has 0 atom stereocenters. The van der Waals surface area contributed by atoms with E-state index in [1.54, 1.807) is 0 Å². The second kappa shape index (κ2) is 10.6. The van der Waals surface area contributed by atoms with Gasteiger partial charge in [-0.05, 0) is 88.6 Å². The van der Waals surface area contributed by atoms with E-state index in [2.05, 4.69) is 176 Å². The summed E-state index contributed by atoms with van der Waals surface area (Å²) in [7, 11) is 0. The van der Waals surface area contributed by atoms with Crippen LogP contribution in [0.2, 0.25) is 0 Å². The molecule has 1 heterocycles. The molecule has 0 aliphatic rings. The molecule has 0 amide bonds. The lowest BCUT2D eigenvalue weighted by molar-refractivity contribution is 1.45. The number of hydrogen-bond donors (Lipinski definition) is 0. The molecule has 0 saturated carbocycles. The fraction of sp³-hybridized carbons (Fsp3) is 0. The van der Waals surface area contributed by atoms with Gasteiger partial charge in [-0.15, -0.1) is 0 Å². The van der Waals surface area contributed by atoms with E-state index in [1.807, 2.05) is 0 Å². The van der Waals surface area contributed by atoms with Crippen LogP contribution in [0.25, 0.3) is 98.1 Å². The van der Waals surface area contributed by atoms with E-state index in [0.717, 1.165) is 5.52 Å². The van der Waals surface area contributed by atoms with Crippen LogP contribution in [0.3, 0.4) is 0 Å². The van der Waals surface area contributed by atoms with E-state index < -0.39 is 0 Å². The number of nitrogens with zero attached hydrogens (tertiary/aromatic N) is 1. The average Bonchev–Trinajstić information content (AvgIpc) is 3.16. The van der Waals surface area contributed by atoms with Crippen molar-refractivity contribution in [1.29, 1.82) is 0 Å². The Morgan fingerprint density at radius 3 is 1.69 bits per heavy atom. The molecule has 0 spiro atoms. The Labute approximate surface area is 278 Å². The highest BCUT2D eigenvalue weighted by Crippen LogP contribution is 2.49. The van der Waals surface area contributed by atoms with E-state index in [1.165, 1.54) is 92.6 Å². The van der Waals surface area contributed by atoms with Crippen LogP contribution in [-0.2, 0) is 0 Å². The molecule has 222 valence electrons. The minimum Gasteiger partial charge on any atom is -0.256 e. The molecule has 0 N–H and O–H groups in total. The van der Waals surface area contributed by atoms with Crippen LogP contribution >= 0.6 is 0 Å². The first-order chi connectivity index (χ1) is 23.8. The third-order valence-electron chi connectivity index (χ3n) is 10.1. The van der Waals surface area contributed by atoms with Crippen LogP contribution < -0.4 is 0 Å². The second-order valence-corrected chi connectivity index (χ2v) is 12.7. The van der Waals surface area contributed by atoms with E-state index in [4.69, 9.17) is 4.98 Å². The fourth-order valence-corrected chi connectivity index (χ4v) is 7.94. The molecule has 0 aliphatic carbocycles. The maximum atomic E-state index is 5.07. The van der Waals surface area contributed by atoms with Gasteiger partial charge in [-0.3, -0.25) is 4.98 Å². The predicted molar refractivity (Wildman–Crippen MR) is 206 cm³/mol. The van der Waals surface area contributed by atoms with Crippen LogP contribution in [0.4, 0.5) is 0 Å². The number of benzene rings is 9. The molecular weight excluding hydrogens is 579 g/mol. The first-order valence-electron chi connectivity index (χ1n) is 16.5. The summed E-state index contributed by atoms with van der Waals surface area (Å²) in [6, 6.07) is 61.9. The Hall–Kier alpha value is -6.31. The maximum Gasteiger partial charge on any atom is 0.0708 e. The zero-order valence-corrected chi connectivity index (χ0v) is 26.2. The summed E-state index contributed by atoms with van der Waals surface area (Å²) in [6.45, 7) is 0. The minimum atomic E-state index is 1.00. The number of aromatic nitrogens is 1. The van der Waals surface area contributed by atoms with Gasteiger partial charge in [-0.2, -0.15) is 0 Å². The van der Waals surface area contributed by atoms with Crippen LogP contribution in [0.15, 0.2) is 176 Å². The molecule has 0 saturated heterocycles. The Morgan fingerprint density at radius 1 is 0.312 bits per heavy atom. The van der Waals surface area contributed by atoms with Crippen molar-refractivity contribution in [3.63, 3.8) is 0 Å². The van der Waals surface area contributed by atoms with Gasteiger partial charge < -0.3 is 0 Å². The average molecular weight is 608 g/mol. The molecular formula is C47H29N. The van der Waals surface area contributed by atoms with Crippen molar-refractivity contribution >= 4 is 64.8 Å². The molecule has 1 aromatic heterocycles. The summed E-state index contributed by atoms with van der Waals surface area (Å²) >= 11 is 0. The van der Waals surface area contributed by atoms with E-state index in [-0.39, 0.29) is 0 Å². The standard InChI is InChI=1S/C47H29N/c1-2-14-32-28-33(25-24-30(32)12-1)35-26-27-41(37-18-6-5-17-36(35)37)45-39-19-7-8-20-40(39)46(38-22-11-15-31-13-3-4-16-34(31)38)47-42-21-9-10-23-44(42)48-29-43(45)47/h1-29H. The largest absolute Gasteiger partial charge is 0.256 e. The summed E-state index contributed by atoms with van der Waals surface area (Å²) < 4.78 is 0. The molecule has 1 nitrogen and oxygen atoms in total. The highest BCUT2D eigenvalue weighted by molar-refractivity contribution is 6.30. The van der Waals surface area contributed by atoms with E-state index in [0.29, 0.717) is 0 Å². The third-order valence-corrected chi connectivity index (χ3v) is 10.1. The van der Waals surface area contributed by atoms with Crippen molar-refractivity contribution in [2.24, 2.45) is 0 Å². The molecule has 0 bridgehead atoms. The lowest BCUT2D eigenvalue weighted by Crippen LogP contribution is -1.95. The zero-order valence-electron chi connectivity index (χ0n) is 26.2. The van der Waals surface area contributed by atoms with Crippen molar-refractivity contribution in [1.82, 2.24) is 4.98 Å². The molecule has 10 rings (SSSR count). The summed E-state index contributed by atoms with van der Waals surface area (Å²) in [5.74, 6) is 0. The van der Waals surface area contributed by atoms with Crippen molar-refractivity contribution in [3.05, 3.63) is 176 Å². The molecule has 0 unspecified atom stereocenters. The number of para-hydroxylation sites is 1. The Balaban J connectivity index is 1.35. The van der Waals surface area contributed by atoms with Gasteiger partial charge in [-0.1, -0.05) is 158 Å². The van der Waals surface area contributed by atoms with Crippen molar-refractivity contribution in [2.75, 3.05) is 0 Å². The van der Waals surface area contributed by atoms with Gasteiger partial charge >= 0.3 is 0 Å². The van der Waals surface area contributed by atoms with Gasteiger partial charge in [0.15, 0.2) is 0 Å². The Kier molecular flexibility index (Phi) is 5.94. The van der Waals surface area contributed by atoms with Crippen molar-refractivity contribution in [2.45, 2.75) is 0 Å². The molecule has 9 aromatic carbocycles. The first kappa shape index (κ1) is 26.9. The normalized spacial score (nSPS) is 11.8. The highest BCUT2D eigenvalue weighted by Gasteiger charge is 2.22. The first-order valence-corrected chi connectivity index (χ1v) is 16.5. The van der Waals surface area contributed by atoms with Crippen LogP contribution in [0, 0.1) is 0 Å². The number of pyridine rings is 1. The topological polar surface area (TPSA) is 12.9 Å². The van der Waals surface area contributed by atoms with Gasteiger partial charge in [0.25, 0.3) is 0 Å². The van der Waals surface area contributed by atoms with E-state index in [9.17, 15) is 0 Å². The second-order valence-electron chi connectivity index (χ2n) is 12.7. The zero-order chi connectivity index (χ0) is 31.6. The minimum absolute atomic E-state index is 1.00. The number of hydrogen-bond acceptors (Lipinski definition) is 1. The molecule has 48 heavy (non-hydrogen) atoms. The Morgan fingerprint density at radius 2 is 0.875 bits per heavy atom. The lowest BCUT2D eigenvalue weighted by atomic mass is 9.82.